The molecule has 0 aromatic carbocycles. The SMILES string of the molecule is CC/C=C\C/C=C\C/C=C\C/C=C\C/C=C\CCCCCC(=O)OCC(COC(=O)CCCCCCCC)OC(=O)CCCCCCCC. The highest BCUT2D eigenvalue weighted by molar-refractivity contribution is 5.71. The Hall–Kier alpha value is -2.89. The molecule has 0 N–H and O–H groups in total. The zero-order valence-electron chi connectivity index (χ0n) is 31.7. The summed E-state index contributed by atoms with van der Waals surface area (Å²) >= 11 is 0. The van der Waals surface area contributed by atoms with E-state index in [0.29, 0.717) is 19.3 Å². The minimum absolute atomic E-state index is 0.0859. The molecule has 0 aliphatic carbocycles. The predicted octanol–water partition coefficient (Wildman–Crippen LogP) is 12.2. The molecule has 280 valence electrons. The minimum atomic E-state index is -0.777. The van der Waals surface area contributed by atoms with E-state index >= 15 is 0 Å². The van der Waals surface area contributed by atoms with Crippen LogP contribution in [0.4, 0.5) is 0 Å². The van der Waals surface area contributed by atoms with Crippen LogP contribution >= 0.6 is 0 Å². The highest BCUT2D eigenvalue weighted by atomic mass is 16.6. The van der Waals surface area contributed by atoms with Crippen LogP contribution in [0.3, 0.4) is 0 Å². The summed E-state index contributed by atoms with van der Waals surface area (Å²) < 4.78 is 16.4. The zero-order valence-corrected chi connectivity index (χ0v) is 31.7. The molecule has 0 bridgehead atoms. The van der Waals surface area contributed by atoms with Gasteiger partial charge in [-0.1, -0.05) is 152 Å². The van der Waals surface area contributed by atoms with E-state index in [-0.39, 0.29) is 31.1 Å². The molecule has 1 atom stereocenters. The summed E-state index contributed by atoms with van der Waals surface area (Å²) in [6.45, 7) is 6.33. The van der Waals surface area contributed by atoms with Gasteiger partial charge in [-0.2, -0.15) is 0 Å². The Labute approximate surface area is 300 Å². The molecule has 0 aliphatic heterocycles. The molecule has 0 heterocycles. The molecule has 6 heteroatoms. The van der Waals surface area contributed by atoms with Crippen LogP contribution < -0.4 is 0 Å². The van der Waals surface area contributed by atoms with Crippen molar-refractivity contribution in [2.75, 3.05) is 13.2 Å². The standard InChI is InChI=1S/C43H72O6/c1-4-7-10-13-16-17-18-19-20-21-22-23-24-25-26-27-28-31-33-36-42(45)48-39-40(49-43(46)37-34-30-15-12-9-6-3)38-47-41(44)35-32-29-14-11-8-5-2/h7,10,16-17,19-20,22-23,25-26,40H,4-6,8-9,11-15,18,21,24,27-39H2,1-3H3/b10-7-,17-16-,20-19-,23-22-,26-25-. The van der Waals surface area contributed by atoms with Gasteiger partial charge in [0.2, 0.25) is 0 Å². The Kier molecular flexibility index (Phi) is 35.7. The lowest BCUT2D eigenvalue weighted by atomic mass is 10.1. The Balaban J connectivity index is 4.25. The maximum Gasteiger partial charge on any atom is 0.306 e. The lowest BCUT2D eigenvalue weighted by Crippen LogP contribution is -2.30. The quantitative estimate of drug-likeness (QED) is 0.0290. The third kappa shape index (κ3) is 36.2. The highest BCUT2D eigenvalue weighted by Crippen LogP contribution is 2.11. The first-order valence-electron chi connectivity index (χ1n) is 19.8. The van der Waals surface area contributed by atoms with E-state index in [1.54, 1.807) is 0 Å². The van der Waals surface area contributed by atoms with Crippen LogP contribution in [-0.2, 0) is 28.6 Å². The summed E-state index contributed by atoms with van der Waals surface area (Å²) in [5.74, 6) is -0.949. The van der Waals surface area contributed by atoms with Crippen molar-refractivity contribution in [3.05, 3.63) is 60.8 Å². The Morgan fingerprint density at radius 3 is 1.24 bits per heavy atom. The van der Waals surface area contributed by atoms with Gasteiger partial charge in [-0.15, -0.1) is 0 Å². The van der Waals surface area contributed by atoms with Gasteiger partial charge in [-0.3, -0.25) is 14.4 Å². The Morgan fingerprint density at radius 2 is 0.796 bits per heavy atom. The van der Waals surface area contributed by atoms with Gasteiger partial charge in [0.25, 0.3) is 0 Å². The van der Waals surface area contributed by atoms with Gasteiger partial charge in [0, 0.05) is 19.3 Å². The molecule has 0 fully saturated rings. The smallest absolute Gasteiger partial charge is 0.306 e. The van der Waals surface area contributed by atoms with E-state index in [9.17, 15) is 14.4 Å². The Morgan fingerprint density at radius 1 is 0.429 bits per heavy atom. The second-order valence-electron chi connectivity index (χ2n) is 12.8. The van der Waals surface area contributed by atoms with Crippen LogP contribution in [0.2, 0.25) is 0 Å². The summed E-state index contributed by atoms with van der Waals surface area (Å²) in [4.78, 5) is 37.1. The Bertz CT molecular complexity index is 929. The first-order chi connectivity index (χ1) is 24.0. The van der Waals surface area contributed by atoms with Crippen molar-refractivity contribution in [2.24, 2.45) is 0 Å². The number of carbonyl (C=O) groups excluding carboxylic acids is 3. The fraction of sp³-hybridized carbons (Fsp3) is 0.698. The van der Waals surface area contributed by atoms with E-state index in [1.165, 1.54) is 38.5 Å². The minimum Gasteiger partial charge on any atom is -0.462 e. The second-order valence-corrected chi connectivity index (χ2v) is 12.8. The van der Waals surface area contributed by atoms with Crippen molar-refractivity contribution >= 4 is 17.9 Å². The monoisotopic (exact) mass is 685 g/mol. The molecule has 0 radical (unpaired) electrons. The maximum absolute atomic E-state index is 12.5. The van der Waals surface area contributed by atoms with Crippen LogP contribution in [0.1, 0.15) is 175 Å². The number of carbonyl (C=O) groups is 3. The molecule has 0 aromatic heterocycles. The zero-order chi connectivity index (χ0) is 35.9. The van der Waals surface area contributed by atoms with Crippen molar-refractivity contribution in [1.82, 2.24) is 0 Å². The maximum atomic E-state index is 12.5. The van der Waals surface area contributed by atoms with Crippen LogP contribution in [0, 0.1) is 0 Å². The first kappa shape index (κ1) is 46.1. The molecule has 0 aromatic rings. The van der Waals surface area contributed by atoms with Crippen molar-refractivity contribution in [3.8, 4) is 0 Å². The van der Waals surface area contributed by atoms with E-state index in [0.717, 1.165) is 96.3 Å². The third-order valence-corrected chi connectivity index (χ3v) is 8.04. The number of ether oxygens (including phenoxy) is 3. The van der Waals surface area contributed by atoms with E-state index in [1.807, 2.05) is 0 Å². The van der Waals surface area contributed by atoms with E-state index < -0.39 is 6.10 Å². The lowest BCUT2D eigenvalue weighted by Gasteiger charge is -2.18. The molecule has 0 spiro atoms. The average molecular weight is 685 g/mol. The van der Waals surface area contributed by atoms with Crippen LogP contribution in [0.15, 0.2) is 60.8 Å². The van der Waals surface area contributed by atoms with Crippen molar-refractivity contribution in [2.45, 2.75) is 181 Å². The lowest BCUT2D eigenvalue weighted by molar-refractivity contribution is -0.167. The largest absolute Gasteiger partial charge is 0.462 e. The first-order valence-corrected chi connectivity index (χ1v) is 19.8. The van der Waals surface area contributed by atoms with Gasteiger partial charge < -0.3 is 14.2 Å². The summed E-state index contributed by atoms with van der Waals surface area (Å²) in [6.07, 6.45) is 43.9. The van der Waals surface area contributed by atoms with E-state index in [4.69, 9.17) is 14.2 Å². The van der Waals surface area contributed by atoms with E-state index in [2.05, 4.69) is 81.5 Å². The van der Waals surface area contributed by atoms with Crippen molar-refractivity contribution < 1.29 is 28.6 Å². The average Bonchev–Trinajstić information content (AvgIpc) is 3.10. The fourth-order valence-electron chi connectivity index (χ4n) is 5.05. The highest BCUT2D eigenvalue weighted by Gasteiger charge is 2.19. The molecular weight excluding hydrogens is 612 g/mol. The van der Waals surface area contributed by atoms with Gasteiger partial charge in [0.1, 0.15) is 13.2 Å². The summed E-state index contributed by atoms with van der Waals surface area (Å²) in [7, 11) is 0. The third-order valence-electron chi connectivity index (χ3n) is 8.04. The van der Waals surface area contributed by atoms with Gasteiger partial charge in [0.15, 0.2) is 6.10 Å². The van der Waals surface area contributed by atoms with Crippen molar-refractivity contribution in [3.63, 3.8) is 0 Å². The number of hydrogen-bond donors (Lipinski definition) is 0. The summed E-state index contributed by atoms with van der Waals surface area (Å²) in [6, 6.07) is 0. The number of rotatable bonds is 34. The molecule has 0 saturated heterocycles. The van der Waals surface area contributed by atoms with Crippen LogP contribution in [0.25, 0.3) is 0 Å². The predicted molar refractivity (Wildman–Crippen MR) is 205 cm³/mol. The normalized spacial score (nSPS) is 12.6. The van der Waals surface area contributed by atoms with Gasteiger partial charge in [-0.25, -0.2) is 0 Å². The molecule has 0 aliphatic rings. The van der Waals surface area contributed by atoms with Gasteiger partial charge in [-0.05, 0) is 64.2 Å². The second kappa shape index (κ2) is 37.9. The molecule has 0 rings (SSSR count). The van der Waals surface area contributed by atoms with Crippen LogP contribution in [-0.4, -0.2) is 37.2 Å². The molecule has 1 unspecified atom stereocenters. The molecular formula is C43H72O6. The molecule has 6 nitrogen and oxygen atoms in total. The number of esters is 3. The number of hydrogen-bond acceptors (Lipinski definition) is 6. The van der Waals surface area contributed by atoms with Crippen LogP contribution in [0.5, 0.6) is 0 Å². The molecule has 0 saturated carbocycles. The number of allylic oxidation sites excluding steroid dienone is 10. The summed E-state index contributed by atoms with van der Waals surface area (Å²) in [5, 5.41) is 0. The number of unbranched alkanes of at least 4 members (excludes halogenated alkanes) is 13. The molecule has 49 heavy (non-hydrogen) atoms. The van der Waals surface area contributed by atoms with Gasteiger partial charge >= 0.3 is 17.9 Å². The fourth-order valence-corrected chi connectivity index (χ4v) is 5.05. The van der Waals surface area contributed by atoms with Gasteiger partial charge in [0.05, 0.1) is 0 Å². The molecule has 0 amide bonds. The summed E-state index contributed by atoms with van der Waals surface area (Å²) in [5.41, 5.74) is 0. The topological polar surface area (TPSA) is 78.9 Å². The van der Waals surface area contributed by atoms with Crippen molar-refractivity contribution in [1.29, 1.82) is 0 Å².